The largest absolute Gasteiger partial charge is 0.747 e. The monoisotopic (exact) mass is 637 g/mol. The molecule has 16 heteroatoms. The Balaban J connectivity index is 1.73. The number of nitrogens with one attached hydrogen (secondary N) is 1. The summed E-state index contributed by atoms with van der Waals surface area (Å²) >= 11 is 12.0. The highest BCUT2D eigenvalue weighted by molar-refractivity contribution is 8.03. The maximum atomic E-state index is 12.4. The Morgan fingerprint density at radius 2 is 1.97 bits per heavy atom. The number of sulfonamides is 1. The van der Waals surface area contributed by atoms with Gasteiger partial charge in [0.05, 0.1) is 21.2 Å². The first-order chi connectivity index (χ1) is 17.2. The smallest absolute Gasteiger partial charge is 0.299 e. The van der Waals surface area contributed by atoms with Crippen molar-refractivity contribution in [1.29, 1.82) is 0 Å². The highest BCUT2D eigenvalue weighted by atomic mass is 35.5. The molecule has 198 valence electrons. The number of hydrogen-bond donors (Lipinski definition) is 1. The van der Waals surface area contributed by atoms with Gasteiger partial charge in [0.15, 0.2) is 4.01 Å². The van der Waals surface area contributed by atoms with Crippen molar-refractivity contribution in [3.63, 3.8) is 0 Å². The number of rotatable bonds is 8. The molecule has 0 radical (unpaired) electrons. The van der Waals surface area contributed by atoms with Crippen LogP contribution in [0.4, 0.5) is 5.69 Å². The summed E-state index contributed by atoms with van der Waals surface area (Å²) in [5, 5.41) is 1.66. The van der Waals surface area contributed by atoms with Gasteiger partial charge in [0.25, 0.3) is 10.9 Å². The summed E-state index contributed by atoms with van der Waals surface area (Å²) in [5.41, 5.74) is 2.07. The van der Waals surface area contributed by atoms with Gasteiger partial charge in [-0.1, -0.05) is 34.7 Å². The molecule has 0 atom stereocenters. The van der Waals surface area contributed by atoms with E-state index in [-0.39, 0.29) is 6.54 Å². The summed E-state index contributed by atoms with van der Waals surface area (Å²) in [6, 6.07) is 7.01. The zero-order valence-electron chi connectivity index (χ0n) is 19.5. The van der Waals surface area contributed by atoms with E-state index in [1.165, 1.54) is 28.0 Å². The second-order valence-corrected chi connectivity index (χ2v) is 16.0. The van der Waals surface area contributed by atoms with Gasteiger partial charge in [0, 0.05) is 22.1 Å². The van der Waals surface area contributed by atoms with Crippen LogP contribution in [0.3, 0.4) is 0 Å². The maximum Gasteiger partial charge on any atom is 0.299 e. The van der Waals surface area contributed by atoms with Crippen molar-refractivity contribution in [2.45, 2.75) is 22.6 Å². The lowest BCUT2D eigenvalue weighted by Crippen LogP contribution is -2.45. The number of aromatic nitrogens is 1. The number of thiophene rings is 1. The van der Waals surface area contributed by atoms with E-state index in [9.17, 15) is 26.2 Å². The van der Waals surface area contributed by atoms with Gasteiger partial charge < -0.3 is 9.45 Å². The predicted octanol–water partition coefficient (Wildman–Crippen LogP) is 4.06. The number of hydrogen-bond acceptors (Lipinski definition) is 11. The molecule has 0 spiro atoms. The van der Waals surface area contributed by atoms with E-state index >= 15 is 0 Å². The average molecular weight is 638 g/mol. The lowest BCUT2D eigenvalue weighted by atomic mass is 10.2. The van der Waals surface area contributed by atoms with E-state index in [1.54, 1.807) is 51.9 Å². The molecule has 0 bridgehead atoms. The van der Waals surface area contributed by atoms with E-state index in [1.807, 2.05) is 30.0 Å². The number of allylic oxidation sites excluding steroid dienone is 2. The normalized spacial score (nSPS) is 15.5. The van der Waals surface area contributed by atoms with Crippen molar-refractivity contribution in [1.82, 2.24) is 4.72 Å². The van der Waals surface area contributed by atoms with Crippen LogP contribution in [0.2, 0.25) is 5.02 Å². The second-order valence-electron chi connectivity index (χ2n) is 7.97. The van der Waals surface area contributed by atoms with Crippen molar-refractivity contribution < 1.29 is 30.7 Å². The first-order valence-electron chi connectivity index (χ1n) is 10.3. The zero-order valence-corrected chi connectivity index (χ0v) is 25.2. The van der Waals surface area contributed by atoms with Crippen molar-refractivity contribution in [3.05, 3.63) is 51.0 Å². The van der Waals surface area contributed by atoms with Crippen LogP contribution in [0.5, 0.6) is 0 Å². The van der Waals surface area contributed by atoms with Gasteiger partial charge in [-0.2, -0.15) is 4.57 Å². The fourth-order valence-corrected chi connectivity index (χ4v) is 9.28. The SMILES string of the molecule is CSc1cc2c(s1)sc(/C=C(C)\C=C1\Sc3ccc(Cl)cc3N1CS(=O)(=O)[O-])[n+]2CC(=O)NS(C)(=O)=O. The second kappa shape index (κ2) is 10.9. The van der Waals surface area contributed by atoms with E-state index in [2.05, 4.69) is 0 Å². The summed E-state index contributed by atoms with van der Waals surface area (Å²) in [4.78, 5) is 14.6. The standard InChI is InChI=1S/C21H20ClN3O6S6/c1-12(7-19-25(11-37(29,30)31)14-8-13(22)4-5-16(14)33-19)6-18-24(10-17(26)23-36(3,27)28)15-9-20(32-2)35-21(15)34-18/h4-9H,10-11H2,1-3H3,(H-,23,26,29,30,31). The van der Waals surface area contributed by atoms with Gasteiger partial charge in [-0.3, -0.25) is 4.79 Å². The topological polar surface area (TPSA) is 128 Å². The van der Waals surface area contributed by atoms with Crippen LogP contribution in [-0.2, 0) is 31.5 Å². The van der Waals surface area contributed by atoms with E-state index in [0.29, 0.717) is 20.7 Å². The highest BCUT2D eigenvalue weighted by Crippen LogP contribution is 2.47. The lowest BCUT2D eigenvalue weighted by molar-refractivity contribution is -0.655. The van der Waals surface area contributed by atoms with Crippen LogP contribution in [0, 0.1) is 0 Å². The number of benzene rings is 1. The summed E-state index contributed by atoms with van der Waals surface area (Å²) in [6.45, 7) is 1.61. The Kier molecular flexibility index (Phi) is 8.36. The third kappa shape index (κ3) is 7.09. The van der Waals surface area contributed by atoms with Gasteiger partial charge in [0.2, 0.25) is 22.1 Å². The Hall–Kier alpha value is -1.59. The first kappa shape index (κ1) is 28.4. The molecule has 9 nitrogen and oxygen atoms in total. The number of thioether (sulfide) groups is 2. The molecule has 0 saturated heterocycles. The molecule has 1 aliphatic heterocycles. The number of amides is 1. The van der Waals surface area contributed by atoms with Crippen LogP contribution in [0.15, 0.2) is 50.0 Å². The van der Waals surface area contributed by atoms with E-state index in [4.69, 9.17) is 11.6 Å². The Bertz CT molecular complexity index is 1670. The molecule has 3 aromatic rings. The Labute approximate surface area is 236 Å². The number of nitrogens with zero attached hydrogens (tertiary/aromatic N) is 2. The highest BCUT2D eigenvalue weighted by Gasteiger charge is 2.28. The summed E-state index contributed by atoms with van der Waals surface area (Å²) in [5.74, 6) is -1.41. The number of carbonyl (C=O) groups excluding carboxylic acids is 1. The molecule has 0 aliphatic carbocycles. The molecule has 4 rings (SSSR count). The van der Waals surface area contributed by atoms with Crippen LogP contribution in [0.25, 0.3) is 15.6 Å². The van der Waals surface area contributed by atoms with Gasteiger partial charge >= 0.3 is 0 Å². The summed E-state index contributed by atoms with van der Waals surface area (Å²) in [7, 11) is -8.29. The van der Waals surface area contributed by atoms with Crippen molar-refractivity contribution in [3.8, 4) is 0 Å². The number of anilines is 1. The van der Waals surface area contributed by atoms with E-state index in [0.717, 1.165) is 30.5 Å². The average Bonchev–Trinajstić information content (AvgIpc) is 3.39. The lowest BCUT2D eigenvalue weighted by Gasteiger charge is -2.22. The minimum Gasteiger partial charge on any atom is -0.747 e. The van der Waals surface area contributed by atoms with Crippen LogP contribution >= 0.6 is 57.8 Å². The molecule has 1 aliphatic rings. The van der Waals surface area contributed by atoms with E-state index < -0.39 is 31.9 Å². The van der Waals surface area contributed by atoms with Crippen LogP contribution in [0.1, 0.15) is 11.9 Å². The van der Waals surface area contributed by atoms with Gasteiger partial charge in [-0.05, 0) is 43.0 Å². The Morgan fingerprint density at radius 3 is 2.62 bits per heavy atom. The fraction of sp³-hybridized carbons (Fsp3) is 0.238. The van der Waals surface area contributed by atoms with Crippen LogP contribution in [-0.4, -0.2) is 45.7 Å². The van der Waals surface area contributed by atoms with Crippen molar-refractivity contribution in [2.24, 2.45) is 0 Å². The molecule has 1 aromatic carbocycles. The third-order valence-corrected chi connectivity index (χ3v) is 10.8. The summed E-state index contributed by atoms with van der Waals surface area (Å²) < 4.78 is 63.7. The quantitative estimate of drug-likeness (QED) is 0.221. The molecule has 0 fully saturated rings. The first-order valence-corrected chi connectivity index (χ1v) is 17.8. The third-order valence-electron chi connectivity index (χ3n) is 4.90. The molecule has 1 N–H and O–H groups in total. The minimum atomic E-state index is -4.58. The molecular weight excluding hydrogens is 618 g/mol. The van der Waals surface area contributed by atoms with Gasteiger partial charge in [-0.25, -0.2) is 21.6 Å². The molecule has 37 heavy (non-hydrogen) atoms. The Morgan fingerprint density at radius 1 is 1.24 bits per heavy atom. The molecule has 0 unspecified atom stereocenters. The number of fused-ring (bicyclic) bond motifs is 2. The van der Waals surface area contributed by atoms with Crippen LogP contribution < -0.4 is 14.2 Å². The minimum absolute atomic E-state index is 0.202. The van der Waals surface area contributed by atoms with Gasteiger partial charge in [-0.15, -0.1) is 23.1 Å². The number of carbonyl (C=O) groups is 1. The fourth-order valence-electron chi connectivity index (χ4n) is 3.53. The maximum absolute atomic E-state index is 12.4. The number of halogens is 1. The number of thiazole rings is 1. The van der Waals surface area contributed by atoms with Crippen molar-refractivity contribution >= 4 is 105 Å². The van der Waals surface area contributed by atoms with Crippen molar-refractivity contribution in [2.75, 3.05) is 23.3 Å². The predicted molar refractivity (Wildman–Crippen MR) is 151 cm³/mol. The molecular formula is C21H20ClN3O6S6. The molecule has 0 saturated carbocycles. The molecule has 1 amide bonds. The van der Waals surface area contributed by atoms with Gasteiger partial charge in [0.1, 0.15) is 16.0 Å². The summed E-state index contributed by atoms with van der Waals surface area (Å²) in [6.07, 6.45) is 6.46. The zero-order chi connectivity index (χ0) is 27.1. The molecule has 3 heterocycles. The molecule has 2 aromatic heterocycles.